The highest BCUT2D eigenvalue weighted by molar-refractivity contribution is 5.75. The molecule has 0 saturated heterocycles. The highest BCUT2D eigenvalue weighted by Gasteiger charge is 2.21. The third-order valence-corrected chi connectivity index (χ3v) is 0.947. The number of hydrogen-bond donors (Lipinski definition) is 3. The first kappa shape index (κ1) is 10.8. The zero-order chi connectivity index (χ0) is 6.08. The maximum Gasteiger partial charge on any atom is 0.309 e. The molecule has 0 heterocycles. The lowest BCUT2D eigenvalue weighted by atomic mass is 10.5. The van der Waals surface area contributed by atoms with Crippen molar-refractivity contribution in [3.05, 3.63) is 0 Å². The molecule has 4 heteroatoms. The van der Waals surface area contributed by atoms with Gasteiger partial charge in [0.2, 0.25) is 0 Å². The van der Waals surface area contributed by atoms with E-state index in [2.05, 4.69) is 0 Å². The Morgan fingerprint density at radius 3 is 1.38 bits per heavy atom. The quantitative estimate of drug-likeness (QED) is 0.260. The zero-order valence-corrected chi connectivity index (χ0v) is 5.47. The van der Waals surface area contributed by atoms with Crippen molar-refractivity contribution in [2.75, 3.05) is 14.1 Å². The number of hydrogen-bond acceptors (Lipinski definition) is 2. The molecule has 8 heavy (non-hydrogen) atoms. The van der Waals surface area contributed by atoms with Gasteiger partial charge in [0.25, 0.3) is 0 Å². The van der Waals surface area contributed by atoms with Crippen LogP contribution in [0.4, 0.5) is 0 Å². The Labute approximate surface area is 51.5 Å². The van der Waals surface area contributed by atoms with Crippen molar-refractivity contribution in [2.45, 2.75) is 12.8 Å². The van der Waals surface area contributed by atoms with Crippen molar-refractivity contribution in [3.63, 3.8) is 0 Å². The summed E-state index contributed by atoms with van der Waals surface area (Å²) in [5, 5.41) is 17.2. The van der Waals surface area contributed by atoms with Crippen molar-refractivity contribution in [3.8, 4) is 0 Å². The highest BCUT2D eigenvalue weighted by Crippen LogP contribution is 1.76. The summed E-state index contributed by atoms with van der Waals surface area (Å²) in [5.41, 5.74) is 0. The maximum atomic E-state index is 8.61. The number of rotatable bonds is 1. The molecule has 0 aromatic carbocycles. The lowest BCUT2D eigenvalue weighted by Gasteiger charge is -2.19. The molecule has 0 saturated carbocycles. The lowest BCUT2D eigenvalue weighted by molar-refractivity contribution is -0.971. The van der Waals surface area contributed by atoms with E-state index < -0.39 is 5.91 Å². The van der Waals surface area contributed by atoms with E-state index in [0.717, 1.165) is 0 Å². The van der Waals surface area contributed by atoms with E-state index in [0.29, 0.717) is 4.90 Å². The molecule has 0 bridgehead atoms. The average Bonchev–Trinajstić information content (AvgIpc) is 1.31. The Hall–Kier alpha value is -0.0551. The minimum absolute atomic E-state index is 0. The molecule has 0 aliphatic heterocycles. The lowest BCUT2D eigenvalue weighted by Crippen LogP contribution is -3.15. The van der Waals surface area contributed by atoms with Gasteiger partial charge in [-0.05, 0) is 0 Å². The molecule has 0 atom stereocenters. The van der Waals surface area contributed by atoms with Crippen LogP contribution in [-0.4, -0.2) is 38.6 Å². The summed E-state index contributed by atoms with van der Waals surface area (Å²) in [4.78, 5) is 0.604. The Morgan fingerprint density at radius 1 is 1.25 bits per heavy atom. The monoisotopic (exact) mass is 117 g/mol. The van der Waals surface area contributed by atoms with Crippen LogP contribution in [0.5, 0.6) is 0 Å². The van der Waals surface area contributed by atoms with Crippen LogP contribution < -0.4 is 4.90 Å². The molecular formula is C4H12BNO2. The van der Waals surface area contributed by atoms with Gasteiger partial charge in [-0.3, -0.25) is 4.90 Å². The molecule has 0 rings (SSSR count). The molecule has 0 aliphatic rings. The standard InChI is InChI=1S/C4H11NO2.B/c1-4(6,7)5(2)3;/h6-7H,1-3H3;/q;-1/p+1. The second-order valence-corrected chi connectivity index (χ2v) is 2.02. The summed E-state index contributed by atoms with van der Waals surface area (Å²) in [6.07, 6.45) is 0. The normalized spacial score (nSPS) is 11.2. The number of quaternary nitrogens is 1. The Balaban J connectivity index is 0. The van der Waals surface area contributed by atoms with E-state index in [1.807, 2.05) is 0 Å². The molecule has 0 spiro atoms. The van der Waals surface area contributed by atoms with Gasteiger partial charge in [-0.25, -0.2) is 0 Å². The first-order valence-corrected chi connectivity index (χ1v) is 2.20. The first-order chi connectivity index (χ1) is 2.94. The summed E-state index contributed by atoms with van der Waals surface area (Å²) in [7, 11) is 3.33. The summed E-state index contributed by atoms with van der Waals surface area (Å²) >= 11 is 0. The van der Waals surface area contributed by atoms with Crippen LogP contribution in [0.15, 0.2) is 0 Å². The van der Waals surface area contributed by atoms with E-state index in [1.54, 1.807) is 14.1 Å². The molecule has 48 valence electrons. The van der Waals surface area contributed by atoms with Crippen LogP contribution >= 0.6 is 0 Å². The zero-order valence-electron chi connectivity index (χ0n) is 5.47. The van der Waals surface area contributed by atoms with Crippen LogP contribution in [-0.2, 0) is 0 Å². The van der Waals surface area contributed by atoms with Gasteiger partial charge in [0, 0.05) is 6.92 Å². The van der Waals surface area contributed by atoms with E-state index in [4.69, 9.17) is 10.2 Å². The van der Waals surface area contributed by atoms with Crippen molar-refractivity contribution in [1.82, 2.24) is 0 Å². The largest absolute Gasteiger partial charge is 1.00 e. The predicted octanol–water partition coefficient (Wildman–Crippen LogP) is -2.59. The highest BCUT2D eigenvalue weighted by atomic mass is 16.5. The number of nitrogens with one attached hydrogen (secondary N) is 1. The van der Waals surface area contributed by atoms with Crippen LogP contribution in [0.1, 0.15) is 6.92 Å². The Morgan fingerprint density at radius 2 is 1.38 bits per heavy atom. The molecule has 0 unspecified atom stereocenters. The molecule has 3 nitrogen and oxygen atoms in total. The Kier molecular flexibility index (Phi) is 4.16. The van der Waals surface area contributed by atoms with Crippen LogP contribution in [0, 0.1) is 0 Å². The summed E-state index contributed by atoms with van der Waals surface area (Å²) in [6, 6.07) is 0. The summed E-state index contributed by atoms with van der Waals surface area (Å²) in [5.74, 6) is -1.58. The summed E-state index contributed by atoms with van der Waals surface area (Å²) < 4.78 is 0. The fourth-order valence-corrected chi connectivity index (χ4v) is 0. The van der Waals surface area contributed by atoms with E-state index in [9.17, 15) is 0 Å². The van der Waals surface area contributed by atoms with Gasteiger partial charge in [-0.15, -0.1) is 0 Å². The topological polar surface area (TPSA) is 44.9 Å². The van der Waals surface area contributed by atoms with Gasteiger partial charge >= 0.3 is 5.91 Å². The van der Waals surface area contributed by atoms with Crippen molar-refractivity contribution in [2.24, 2.45) is 0 Å². The minimum Gasteiger partial charge on any atom is -1.00 e. The minimum atomic E-state index is -1.58. The smallest absolute Gasteiger partial charge is 0.309 e. The SMILES string of the molecule is C[NH+](C)C(C)(O)O.[B-]. The summed E-state index contributed by atoms with van der Waals surface area (Å²) in [6.45, 7) is 1.34. The molecule has 0 aromatic rings. The molecular weight excluding hydrogens is 105 g/mol. The predicted molar refractivity (Wildman–Crippen MR) is 31.4 cm³/mol. The molecule has 4 radical (unpaired) electrons. The van der Waals surface area contributed by atoms with Crippen LogP contribution in [0.25, 0.3) is 0 Å². The van der Waals surface area contributed by atoms with Crippen LogP contribution in [0.2, 0.25) is 0 Å². The molecule has 0 amide bonds. The third-order valence-electron chi connectivity index (χ3n) is 0.947. The van der Waals surface area contributed by atoms with Gasteiger partial charge < -0.3 is 18.6 Å². The third kappa shape index (κ3) is 4.11. The second-order valence-electron chi connectivity index (χ2n) is 2.02. The van der Waals surface area contributed by atoms with Crippen molar-refractivity contribution in [1.29, 1.82) is 0 Å². The first-order valence-electron chi connectivity index (χ1n) is 2.20. The van der Waals surface area contributed by atoms with E-state index in [1.165, 1.54) is 6.92 Å². The fraction of sp³-hybridized carbons (Fsp3) is 1.00. The van der Waals surface area contributed by atoms with E-state index in [-0.39, 0.29) is 8.41 Å². The van der Waals surface area contributed by atoms with Crippen molar-refractivity contribution >= 4 is 8.41 Å². The van der Waals surface area contributed by atoms with Gasteiger partial charge in [0.1, 0.15) is 0 Å². The molecule has 0 fully saturated rings. The maximum absolute atomic E-state index is 8.61. The van der Waals surface area contributed by atoms with Gasteiger partial charge in [-0.2, -0.15) is 0 Å². The van der Waals surface area contributed by atoms with Crippen LogP contribution in [0.3, 0.4) is 0 Å². The average molecular weight is 117 g/mol. The van der Waals surface area contributed by atoms with Gasteiger partial charge in [0.05, 0.1) is 14.1 Å². The Bertz CT molecular complexity index is 59.5. The molecule has 0 aliphatic carbocycles. The van der Waals surface area contributed by atoms with Crippen molar-refractivity contribution < 1.29 is 15.1 Å². The number of aliphatic hydroxyl groups is 2. The van der Waals surface area contributed by atoms with Gasteiger partial charge in [-0.1, -0.05) is 0 Å². The van der Waals surface area contributed by atoms with Gasteiger partial charge in [0.15, 0.2) is 0 Å². The fourth-order valence-electron chi connectivity index (χ4n) is 0. The molecule has 3 N–H and O–H groups in total. The van der Waals surface area contributed by atoms with E-state index >= 15 is 0 Å². The second kappa shape index (κ2) is 3.07. The molecule has 0 aromatic heterocycles.